The molecular weight excluding hydrogens is 885 g/mol. The lowest BCUT2D eigenvalue weighted by molar-refractivity contribution is -0.140. The van der Waals surface area contributed by atoms with Crippen LogP contribution in [0.2, 0.25) is 0 Å². The van der Waals surface area contributed by atoms with E-state index in [-0.39, 0.29) is 115 Å². The van der Waals surface area contributed by atoms with E-state index in [0.29, 0.717) is 5.56 Å². The van der Waals surface area contributed by atoms with Crippen LogP contribution in [0, 0.1) is 0 Å². The summed E-state index contributed by atoms with van der Waals surface area (Å²) in [6, 6.07) is 10.9. The topological polar surface area (TPSA) is 363 Å². The molecule has 1 aliphatic rings. The van der Waals surface area contributed by atoms with Gasteiger partial charge in [-0.2, -0.15) is 0 Å². The first kappa shape index (κ1) is 52.1. The summed E-state index contributed by atoms with van der Waals surface area (Å²) < 4.78 is 5.32. The molecule has 25 nitrogen and oxygen atoms in total. The molecule has 0 fully saturated rings. The van der Waals surface area contributed by atoms with E-state index in [2.05, 4.69) is 31.4 Å². The molecule has 0 bridgehead atoms. The second-order valence-corrected chi connectivity index (χ2v) is 15.4. The van der Waals surface area contributed by atoms with E-state index in [9.17, 15) is 63.6 Å². The number of aliphatic imine (C=N–C) groups is 1. The van der Waals surface area contributed by atoms with Gasteiger partial charge < -0.3 is 56.6 Å². The van der Waals surface area contributed by atoms with Gasteiger partial charge in [0, 0.05) is 58.3 Å². The molecule has 2 aromatic carbocycles. The fourth-order valence-corrected chi connectivity index (χ4v) is 6.87. The van der Waals surface area contributed by atoms with Crippen molar-refractivity contribution < 1.29 is 73.2 Å². The van der Waals surface area contributed by atoms with E-state index in [1.54, 1.807) is 9.80 Å². The van der Waals surface area contributed by atoms with Gasteiger partial charge in [0.1, 0.15) is 24.3 Å². The van der Waals surface area contributed by atoms with Crippen LogP contribution in [0.1, 0.15) is 41.1 Å². The molecule has 362 valence electrons. The minimum atomic E-state index is -1.34. The van der Waals surface area contributed by atoms with Crippen LogP contribution >= 0.6 is 0 Å². The maximum atomic E-state index is 13.6. The van der Waals surface area contributed by atoms with Crippen LogP contribution in [0.3, 0.4) is 0 Å². The van der Waals surface area contributed by atoms with Crippen LogP contribution < -0.4 is 26.6 Å². The summed E-state index contributed by atoms with van der Waals surface area (Å²) in [5.41, 5.74) is 0.379. The minimum Gasteiger partial charge on any atom is -0.480 e. The van der Waals surface area contributed by atoms with E-state index < -0.39 is 78.8 Å². The van der Waals surface area contributed by atoms with Crippen LogP contribution in [0.15, 0.2) is 58.0 Å². The number of nitrogens with zero attached hydrogens (tertiary/aromatic N) is 5. The van der Waals surface area contributed by atoms with E-state index in [4.69, 9.17) is 9.63 Å². The molecule has 0 spiro atoms. The van der Waals surface area contributed by atoms with Crippen molar-refractivity contribution >= 4 is 70.1 Å². The van der Waals surface area contributed by atoms with Crippen LogP contribution in [-0.2, 0) is 46.5 Å². The van der Waals surface area contributed by atoms with E-state index in [1.165, 1.54) is 11.0 Å². The van der Waals surface area contributed by atoms with Crippen molar-refractivity contribution in [1.29, 1.82) is 0 Å². The van der Waals surface area contributed by atoms with Gasteiger partial charge in [-0.1, -0.05) is 47.6 Å². The number of aromatic nitrogens is 1. The number of fused-ring (bicyclic) bond motifs is 1. The van der Waals surface area contributed by atoms with Crippen molar-refractivity contribution in [3.05, 3.63) is 65.5 Å². The number of carboxylic acids is 5. The number of hydrogen-bond donors (Lipinski definition) is 10. The third-order valence-corrected chi connectivity index (χ3v) is 10.2. The first-order chi connectivity index (χ1) is 31.9. The van der Waals surface area contributed by atoms with Gasteiger partial charge in [0.2, 0.25) is 5.91 Å². The SMILES string of the molecule is O=C(O)CNC(=O)NC(CCCCNC(=O)C(Cc1ccc2ccccc2c1)NC(=O)c1cc(CNC(=O)C2=NCCN(CC(=O)O)CCN(CC(=O)O)CCN(CC(=O)O)C2)on1)C(=O)O. The number of nitrogens with one attached hydrogen (secondary N) is 5. The standard InChI is InChI=1S/C42H54N10O15/c53-34(54)21-46-42(66)48-30(41(64)65)7-3-4-10-44-38(61)31(18-26-8-9-27-5-1-2-6-28(27)17-26)47-40(63)32-19-29(67-49-32)20-45-39(62)33-22-52(25-37(59)60)16-15-51(24-36(57)58)14-13-50(12-11-43-33)23-35(55)56/h1-2,5-6,8-9,17,19,30-31H,3-4,7,10-16,18,20-25H2,(H,44,61)(H,45,62)(H,47,63)(H,53,54)(H,55,56)(H,57,58)(H,59,60)(H,64,65)(H2,46,48,66). The molecule has 4 rings (SSSR count). The Kier molecular flexibility index (Phi) is 20.6. The Morgan fingerprint density at radius 3 is 1.96 bits per heavy atom. The number of rotatable bonds is 23. The van der Waals surface area contributed by atoms with Crippen molar-refractivity contribution in [3.63, 3.8) is 0 Å². The summed E-state index contributed by atoms with van der Waals surface area (Å²) in [5, 5.41) is 64.5. The lowest BCUT2D eigenvalue weighted by Crippen LogP contribution is -2.48. The number of amides is 5. The fourth-order valence-electron chi connectivity index (χ4n) is 6.87. The van der Waals surface area contributed by atoms with Crippen LogP contribution in [0.5, 0.6) is 0 Å². The van der Waals surface area contributed by atoms with Crippen molar-refractivity contribution in [1.82, 2.24) is 46.4 Å². The molecular formula is C42H54N10O15. The molecule has 1 aliphatic heterocycles. The number of urea groups is 1. The van der Waals surface area contributed by atoms with Gasteiger partial charge in [-0.3, -0.25) is 53.3 Å². The second kappa shape index (κ2) is 26.5. The molecule has 0 saturated carbocycles. The molecule has 3 aromatic rings. The highest BCUT2D eigenvalue weighted by atomic mass is 16.5. The number of carbonyl (C=O) groups excluding carboxylic acids is 4. The van der Waals surface area contributed by atoms with Crippen LogP contribution in [0.4, 0.5) is 4.79 Å². The summed E-state index contributed by atoms with van der Waals surface area (Å²) in [7, 11) is 0. The molecule has 5 amide bonds. The van der Waals surface area contributed by atoms with Gasteiger partial charge in [0.25, 0.3) is 11.8 Å². The molecule has 2 unspecified atom stereocenters. The Balaban J connectivity index is 1.42. The molecule has 0 radical (unpaired) electrons. The van der Waals surface area contributed by atoms with Gasteiger partial charge in [-0.15, -0.1) is 0 Å². The van der Waals surface area contributed by atoms with E-state index in [1.807, 2.05) is 47.8 Å². The zero-order valence-corrected chi connectivity index (χ0v) is 36.3. The Bertz CT molecular complexity index is 2290. The summed E-state index contributed by atoms with van der Waals surface area (Å²) >= 11 is 0. The van der Waals surface area contributed by atoms with E-state index >= 15 is 0 Å². The highest BCUT2D eigenvalue weighted by Crippen LogP contribution is 2.17. The Morgan fingerprint density at radius 2 is 1.30 bits per heavy atom. The molecule has 2 heterocycles. The van der Waals surface area contributed by atoms with Gasteiger partial charge in [0.15, 0.2) is 11.5 Å². The van der Waals surface area contributed by atoms with Crippen LogP contribution in [-0.4, -0.2) is 195 Å². The quantitative estimate of drug-likeness (QED) is 0.0485. The van der Waals surface area contributed by atoms with Gasteiger partial charge >= 0.3 is 35.9 Å². The summed E-state index contributed by atoms with van der Waals surface area (Å²) in [6.45, 7) is -1.88. The summed E-state index contributed by atoms with van der Waals surface area (Å²) in [4.78, 5) is 119. The lowest BCUT2D eigenvalue weighted by atomic mass is 10.0. The van der Waals surface area contributed by atoms with Crippen molar-refractivity contribution in [2.45, 2.75) is 44.3 Å². The summed E-state index contributed by atoms with van der Waals surface area (Å²) in [5.74, 6) is -8.17. The first-order valence-corrected chi connectivity index (χ1v) is 21.1. The first-order valence-electron chi connectivity index (χ1n) is 21.1. The molecule has 0 saturated heterocycles. The van der Waals surface area contributed by atoms with Crippen LogP contribution in [0.25, 0.3) is 10.8 Å². The Morgan fingerprint density at radius 1 is 0.657 bits per heavy atom. The zero-order valence-electron chi connectivity index (χ0n) is 36.3. The molecule has 1 aromatic heterocycles. The van der Waals surface area contributed by atoms with Gasteiger partial charge in [0.05, 0.1) is 32.7 Å². The third-order valence-electron chi connectivity index (χ3n) is 10.2. The Labute approximate surface area is 382 Å². The number of hydrogen-bond acceptors (Lipinski definition) is 15. The molecule has 67 heavy (non-hydrogen) atoms. The average Bonchev–Trinajstić information content (AvgIpc) is 3.75. The van der Waals surface area contributed by atoms with Crippen molar-refractivity contribution in [2.24, 2.45) is 4.99 Å². The Hall–Kier alpha value is -7.51. The predicted octanol–water partition coefficient (Wildman–Crippen LogP) is -1.48. The zero-order chi connectivity index (χ0) is 48.9. The number of carboxylic acid groups (broad SMARTS) is 5. The highest BCUT2D eigenvalue weighted by molar-refractivity contribution is 6.39. The maximum Gasteiger partial charge on any atom is 0.326 e. The second-order valence-electron chi connectivity index (χ2n) is 15.4. The number of aliphatic carboxylic acids is 5. The smallest absolute Gasteiger partial charge is 0.326 e. The largest absolute Gasteiger partial charge is 0.480 e. The monoisotopic (exact) mass is 938 g/mol. The predicted molar refractivity (Wildman–Crippen MR) is 234 cm³/mol. The molecule has 0 aliphatic carbocycles. The average molecular weight is 939 g/mol. The third kappa shape index (κ3) is 18.9. The molecule has 10 N–H and O–H groups in total. The highest BCUT2D eigenvalue weighted by Gasteiger charge is 2.26. The normalized spacial score (nSPS) is 15.1. The van der Waals surface area contributed by atoms with Gasteiger partial charge in [-0.25, -0.2) is 9.59 Å². The number of unbranched alkanes of at least 4 members (excludes halogenated alkanes) is 1. The van der Waals surface area contributed by atoms with Crippen molar-refractivity contribution in [3.8, 4) is 0 Å². The fraction of sp³-hybridized carbons (Fsp3) is 0.452. The maximum absolute atomic E-state index is 13.6. The molecule has 2 atom stereocenters. The lowest BCUT2D eigenvalue weighted by Gasteiger charge is -2.29. The molecule has 25 heteroatoms. The summed E-state index contributed by atoms with van der Waals surface area (Å²) in [6.07, 6.45) is 0.536. The van der Waals surface area contributed by atoms with Crippen molar-refractivity contribution in [2.75, 3.05) is 78.5 Å². The number of benzene rings is 2. The minimum absolute atomic E-state index is 0.0237. The number of carbonyl (C=O) groups is 9. The van der Waals surface area contributed by atoms with Gasteiger partial charge in [-0.05, 0) is 35.6 Å². The van der Waals surface area contributed by atoms with E-state index in [0.717, 1.165) is 10.8 Å².